The van der Waals surface area contributed by atoms with Crippen LogP contribution < -0.4 is 15.1 Å². The van der Waals surface area contributed by atoms with Crippen LogP contribution in [0.3, 0.4) is 0 Å². The molecule has 0 aromatic carbocycles. The Morgan fingerprint density at radius 3 is 2.88 bits per heavy atom. The van der Waals surface area contributed by atoms with Crippen LogP contribution in [0, 0.1) is 5.92 Å². The highest BCUT2D eigenvalue weighted by atomic mass is 32.2. The van der Waals surface area contributed by atoms with Crippen molar-refractivity contribution in [2.75, 3.05) is 22.6 Å². The molecule has 2 heterocycles. The van der Waals surface area contributed by atoms with Gasteiger partial charge in [-0.05, 0) is 25.7 Å². The lowest BCUT2D eigenvalue weighted by molar-refractivity contribution is -0.759. The predicted octanol–water partition coefficient (Wildman–Crippen LogP) is 1.86. The van der Waals surface area contributed by atoms with Crippen molar-refractivity contribution in [3.8, 4) is 0 Å². The first-order chi connectivity index (χ1) is 11.6. The summed E-state index contributed by atoms with van der Waals surface area (Å²) in [6.45, 7) is 2.46. The smallest absolute Gasteiger partial charge is 0.289 e. The quantitative estimate of drug-likeness (QED) is 0.814. The zero-order chi connectivity index (χ0) is 16.9. The fourth-order valence-electron chi connectivity index (χ4n) is 3.48. The molecule has 8 heteroatoms. The molecule has 1 saturated carbocycles. The molecule has 0 unspecified atom stereocenters. The number of rotatable bonds is 5. The van der Waals surface area contributed by atoms with Gasteiger partial charge in [-0.2, -0.15) is 0 Å². The Morgan fingerprint density at radius 2 is 2.12 bits per heavy atom. The molecule has 1 aromatic rings. The molecular formula is C16H25N4O3S+. The van der Waals surface area contributed by atoms with Gasteiger partial charge in [0.1, 0.15) is 0 Å². The average molecular weight is 353 g/mol. The van der Waals surface area contributed by atoms with Gasteiger partial charge in [0, 0.05) is 18.6 Å². The van der Waals surface area contributed by atoms with Crippen LogP contribution in [-0.4, -0.2) is 34.6 Å². The summed E-state index contributed by atoms with van der Waals surface area (Å²) in [7, 11) is 0. The molecule has 1 amide bonds. The lowest BCUT2D eigenvalue weighted by Gasteiger charge is -2.19. The van der Waals surface area contributed by atoms with Crippen molar-refractivity contribution < 1.29 is 18.9 Å². The minimum absolute atomic E-state index is 0.0307. The van der Waals surface area contributed by atoms with E-state index in [2.05, 4.69) is 15.6 Å². The maximum atomic E-state index is 12.3. The molecule has 1 atom stereocenters. The summed E-state index contributed by atoms with van der Waals surface area (Å²) < 4.78 is 5.28. The molecule has 1 aromatic heterocycles. The molecule has 0 radical (unpaired) electrons. The maximum absolute atomic E-state index is 12.3. The predicted molar refractivity (Wildman–Crippen MR) is 91.1 cm³/mol. The van der Waals surface area contributed by atoms with Crippen molar-refractivity contribution in [1.82, 2.24) is 5.27 Å². The Hall–Kier alpha value is -1.57. The van der Waals surface area contributed by atoms with Gasteiger partial charge in [0.2, 0.25) is 11.2 Å². The third-order valence-corrected chi connectivity index (χ3v) is 5.72. The van der Waals surface area contributed by atoms with Crippen LogP contribution in [0.5, 0.6) is 0 Å². The Balaban J connectivity index is 1.58. The largest absolute Gasteiger partial charge is 0.305 e. The zero-order valence-electron chi connectivity index (χ0n) is 14.1. The second kappa shape index (κ2) is 8.00. The van der Waals surface area contributed by atoms with Gasteiger partial charge in [-0.15, -0.1) is 5.01 Å². The highest BCUT2D eigenvalue weighted by Crippen LogP contribution is 2.25. The Bertz CT molecular complexity index is 586. The number of aromatic nitrogens is 2. The summed E-state index contributed by atoms with van der Waals surface area (Å²) in [6.07, 6.45) is 9.19. The lowest BCUT2D eigenvalue weighted by Crippen LogP contribution is -2.61. The number of thioether (sulfide) groups is 1. The SMILES string of the molecule is CC(=O)SC[C@@H]1CCCN1[n+]1cc(NC(=O)C2CCCCC2)on1. The number of hydrogen-bond donors (Lipinski definition) is 1. The van der Waals surface area contributed by atoms with Crippen molar-refractivity contribution in [3.05, 3.63) is 6.20 Å². The fraction of sp³-hybridized carbons (Fsp3) is 0.750. The molecule has 24 heavy (non-hydrogen) atoms. The molecule has 2 fully saturated rings. The fourth-order valence-corrected chi connectivity index (χ4v) is 4.24. The van der Waals surface area contributed by atoms with Crippen LogP contribution in [0.25, 0.3) is 0 Å². The number of hydrogen-bond acceptors (Lipinski definition) is 6. The highest BCUT2D eigenvalue weighted by Gasteiger charge is 2.34. The van der Waals surface area contributed by atoms with Gasteiger partial charge >= 0.3 is 5.88 Å². The van der Waals surface area contributed by atoms with Crippen LogP contribution in [0.1, 0.15) is 51.9 Å². The Kier molecular flexibility index (Phi) is 5.76. The monoisotopic (exact) mass is 353 g/mol. The first-order valence-corrected chi connectivity index (χ1v) is 9.72. The molecule has 1 saturated heterocycles. The molecule has 1 aliphatic carbocycles. The van der Waals surface area contributed by atoms with Crippen LogP contribution >= 0.6 is 11.8 Å². The normalized spacial score (nSPS) is 21.9. The molecule has 7 nitrogen and oxygen atoms in total. The van der Waals surface area contributed by atoms with Gasteiger partial charge in [-0.3, -0.25) is 19.4 Å². The molecule has 132 valence electrons. The Morgan fingerprint density at radius 1 is 1.33 bits per heavy atom. The molecule has 3 rings (SSSR count). The van der Waals surface area contributed by atoms with E-state index in [9.17, 15) is 9.59 Å². The first-order valence-electron chi connectivity index (χ1n) is 8.73. The number of carbonyl (C=O) groups excluding carboxylic acids is 2. The van der Waals surface area contributed by atoms with E-state index in [0.29, 0.717) is 5.88 Å². The van der Waals surface area contributed by atoms with Gasteiger partial charge in [-0.1, -0.05) is 31.0 Å². The Labute approximate surface area is 146 Å². The number of carbonyl (C=O) groups is 2. The maximum Gasteiger partial charge on any atom is 0.305 e. The van der Waals surface area contributed by atoms with E-state index < -0.39 is 0 Å². The number of amides is 1. The average Bonchev–Trinajstić information content (AvgIpc) is 3.22. The number of nitrogens with one attached hydrogen (secondary N) is 1. The van der Waals surface area contributed by atoms with E-state index in [4.69, 9.17) is 4.52 Å². The zero-order valence-corrected chi connectivity index (χ0v) is 14.9. The first kappa shape index (κ1) is 17.3. The topological polar surface area (TPSA) is 79.3 Å². The van der Waals surface area contributed by atoms with Gasteiger partial charge in [0.05, 0.1) is 17.4 Å². The summed E-state index contributed by atoms with van der Waals surface area (Å²) in [4.78, 5) is 25.1. The summed E-state index contributed by atoms with van der Waals surface area (Å²) >= 11 is 1.34. The van der Waals surface area contributed by atoms with Crippen molar-refractivity contribution in [3.63, 3.8) is 0 Å². The molecule has 2 aliphatic rings. The van der Waals surface area contributed by atoms with E-state index >= 15 is 0 Å². The van der Waals surface area contributed by atoms with Crippen LogP contribution in [0.15, 0.2) is 10.7 Å². The van der Waals surface area contributed by atoms with Crippen LogP contribution in [0.4, 0.5) is 5.88 Å². The van der Waals surface area contributed by atoms with E-state index in [-0.39, 0.29) is 23.0 Å². The van der Waals surface area contributed by atoms with E-state index in [0.717, 1.165) is 50.8 Å². The summed E-state index contributed by atoms with van der Waals surface area (Å²) in [6, 6.07) is 0.260. The minimum Gasteiger partial charge on any atom is -0.289 e. The van der Waals surface area contributed by atoms with Crippen LogP contribution in [0.2, 0.25) is 0 Å². The second-order valence-corrected chi connectivity index (χ2v) is 7.77. The van der Waals surface area contributed by atoms with Crippen molar-refractivity contribution >= 4 is 28.7 Å². The minimum atomic E-state index is 0.0307. The molecule has 0 spiro atoms. The summed E-state index contributed by atoms with van der Waals surface area (Å²) in [5.41, 5.74) is 0. The molecule has 1 N–H and O–H groups in total. The van der Waals surface area contributed by atoms with Gasteiger partial charge in [0.25, 0.3) is 6.20 Å². The van der Waals surface area contributed by atoms with Gasteiger partial charge in [-0.25, -0.2) is 0 Å². The third kappa shape index (κ3) is 4.28. The van der Waals surface area contributed by atoms with Crippen molar-refractivity contribution in [2.24, 2.45) is 5.92 Å². The molecule has 1 aliphatic heterocycles. The van der Waals surface area contributed by atoms with E-state index in [1.807, 2.05) is 0 Å². The van der Waals surface area contributed by atoms with Crippen molar-refractivity contribution in [2.45, 2.75) is 57.9 Å². The van der Waals surface area contributed by atoms with Gasteiger partial charge in [0.15, 0.2) is 5.12 Å². The van der Waals surface area contributed by atoms with E-state index in [1.165, 1.54) is 18.2 Å². The van der Waals surface area contributed by atoms with Crippen LogP contribution in [-0.2, 0) is 9.59 Å². The summed E-state index contributed by atoms with van der Waals surface area (Å²) in [5.74, 6) is 1.25. The lowest BCUT2D eigenvalue weighted by atomic mass is 9.89. The van der Waals surface area contributed by atoms with Crippen molar-refractivity contribution in [1.29, 1.82) is 0 Å². The standard InChI is InChI=1S/C16H24N4O3S/c1-12(21)24-11-14-8-5-9-19(14)20-10-15(23-18-20)17-16(22)13-6-3-2-4-7-13/h10,13-14H,2-9,11H2,1H3/p+1/t14-/m0/s1. The van der Waals surface area contributed by atoms with E-state index in [1.54, 1.807) is 17.9 Å². The second-order valence-electron chi connectivity index (χ2n) is 6.57. The highest BCUT2D eigenvalue weighted by molar-refractivity contribution is 8.13. The van der Waals surface area contributed by atoms with Gasteiger partial charge < -0.3 is 0 Å². The summed E-state index contributed by atoms with van der Waals surface area (Å²) in [5, 5.41) is 9.10. The number of anilines is 1. The molecular weight excluding hydrogens is 328 g/mol. The third-order valence-electron chi connectivity index (χ3n) is 4.77. The molecule has 0 bridgehead atoms. The number of nitrogens with zero attached hydrogens (tertiary/aromatic N) is 3.